The maximum Gasteiger partial charge on any atom is 0.214 e. The van der Waals surface area contributed by atoms with E-state index in [1.54, 1.807) is 0 Å². The number of aromatic amines is 1. The molecule has 26 heavy (non-hydrogen) atoms. The first-order chi connectivity index (χ1) is 12.3. The first-order valence-electron chi connectivity index (χ1n) is 7.13. The van der Waals surface area contributed by atoms with Crippen LogP contribution in [0.15, 0.2) is 24.3 Å². The van der Waals surface area contributed by atoms with Gasteiger partial charge in [0.15, 0.2) is 23.3 Å². The number of benzene rings is 2. The van der Waals surface area contributed by atoms with Gasteiger partial charge in [-0.3, -0.25) is 9.59 Å². The topological polar surface area (TPSA) is 62.8 Å². The van der Waals surface area contributed by atoms with Crippen LogP contribution in [0.2, 0.25) is 0 Å². The number of aromatic nitrogens is 2. The van der Waals surface area contributed by atoms with Crippen molar-refractivity contribution in [2.45, 2.75) is 0 Å². The molecule has 130 valence electrons. The highest BCUT2D eigenvalue weighted by atomic mass is 19.2. The van der Waals surface area contributed by atoms with Crippen molar-refractivity contribution in [3.8, 4) is 11.4 Å². The molecule has 1 aliphatic carbocycles. The molecule has 0 bridgehead atoms. The van der Waals surface area contributed by atoms with E-state index in [0.717, 1.165) is 0 Å². The minimum Gasteiger partial charge on any atom is -0.334 e. The van der Waals surface area contributed by atoms with E-state index < -0.39 is 57.7 Å². The van der Waals surface area contributed by atoms with Crippen LogP contribution in [0.4, 0.5) is 22.0 Å². The lowest BCUT2D eigenvalue weighted by atomic mass is 9.90. The Bertz CT molecular complexity index is 1050. The molecule has 0 saturated carbocycles. The number of imidazole rings is 1. The number of fused-ring (bicyclic) bond motifs is 2. The van der Waals surface area contributed by atoms with Crippen LogP contribution in [0.1, 0.15) is 32.1 Å². The third kappa shape index (κ3) is 1.97. The average molecular weight is 364 g/mol. The van der Waals surface area contributed by atoms with E-state index >= 15 is 0 Å². The summed E-state index contributed by atoms with van der Waals surface area (Å²) in [4.78, 5) is 30.7. The van der Waals surface area contributed by atoms with Crippen molar-refractivity contribution in [3.63, 3.8) is 0 Å². The summed E-state index contributed by atoms with van der Waals surface area (Å²) in [5.74, 6) is -13.1. The Balaban J connectivity index is 1.97. The van der Waals surface area contributed by atoms with Gasteiger partial charge in [0, 0.05) is 11.1 Å². The summed E-state index contributed by atoms with van der Waals surface area (Å²) in [5, 5.41) is 0. The van der Waals surface area contributed by atoms with Crippen LogP contribution in [0, 0.1) is 29.1 Å². The summed E-state index contributed by atoms with van der Waals surface area (Å²) in [6.07, 6.45) is 0. The van der Waals surface area contributed by atoms with Crippen molar-refractivity contribution in [1.29, 1.82) is 0 Å². The number of nitrogens with one attached hydrogen (secondary N) is 1. The van der Waals surface area contributed by atoms with Gasteiger partial charge in [-0.05, 0) is 0 Å². The zero-order valence-electron chi connectivity index (χ0n) is 12.5. The lowest BCUT2D eigenvalue weighted by molar-refractivity contribution is 0.0974. The quantitative estimate of drug-likeness (QED) is 0.319. The number of hydrogen-bond acceptors (Lipinski definition) is 3. The van der Waals surface area contributed by atoms with Crippen molar-refractivity contribution < 1.29 is 31.5 Å². The van der Waals surface area contributed by atoms with Crippen molar-refractivity contribution in [1.82, 2.24) is 9.97 Å². The fraction of sp³-hybridized carbons (Fsp3) is 0. The summed E-state index contributed by atoms with van der Waals surface area (Å²) in [7, 11) is 0. The van der Waals surface area contributed by atoms with Crippen LogP contribution in [-0.2, 0) is 0 Å². The molecule has 1 aromatic heterocycles. The predicted octanol–water partition coefficient (Wildman–Crippen LogP) is 3.55. The Morgan fingerprint density at radius 1 is 0.731 bits per heavy atom. The molecule has 0 saturated heterocycles. The molecule has 2 aromatic carbocycles. The lowest BCUT2D eigenvalue weighted by Crippen LogP contribution is -2.20. The Morgan fingerprint density at radius 3 is 1.81 bits per heavy atom. The molecule has 1 heterocycles. The van der Waals surface area contributed by atoms with E-state index in [2.05, 4.69) is 9.97 Å². The van der Waals surface area contributed by atoms with Crippen molar-refractivity contribution in [2.24, 2.45) is 0 Å². The third-order valence-electron chi connectivity index (χ3n) is 4.01. The fourth-order valence-corrected chi connectivity index (χ4v) is 2.77. The van der Waals surface area contributed by atoms with Gasteiger partial charge in [-0.15, -0.1) is 0 Å². The number of ketones is 2. The number of carbonyl (C=O) groups excluding carboxylic acids is 2. The molecule has 0 fully saturated rings. The normalized spacial score (nSPS) is 13.0. The molecular weight excluding hydrogens is 359 g/mol. The smallest absolute Gasteiger partial charge is 0.214 e. The van der Waals surface area contributed by atoms with Crippen molar-refractivity contribution in [3.05, 3.63) is 75.9 Å². The summed E-state index contributed by atoms with van der Waals surface area (Å²) < 4.78 is 67.9. The van der Waals surface area contributed by atoms with E-state index in [0.29, 0.717) is 0 Å². The summed E-state index contributed by atoms with van der Waals surface area (Å²) in [6.45, 7) is 0. The van der Waals surface area contributed by atoms with Crippen LogP contribution in [0.3, 0.4) is 0 Å². The Hall–Kier alpha value is -3.36. The van der Waals surface area contributed by atoms with Gasteiger partial charge in [0.1, 0.15) is 17.2 Å². The molecule has 1 N–H and O–H groups in total. The molecule has 4 rings (SSSR count). The summed E-state index contributed by atoms with van der Waals surface area (Å²) >= 11 is 0. The van der Waals surface area contributed by atoms with Gasteiger partial charge in [-0.1, -0.05) is 24.3 Å². The van der Waals surface area contributed by atoms with Gasteiger partial charge in [0.05, 0.1) is 5.56 Å². The van der Waals surface area contributed by atoms with Gasteiger partial charge in [-0.25, -0.2) is 26.9 Å². The Labute approximate surface area is 141 Å². The van der Waals surface area contributed by atoms with Gasteiger partial charge in [0.25, 0.3) is 0 Å². The molecule has 9 heteroatoms. The second-order valence-electron chi connectivity index (χ2n) is 5.46. The first-order valence-corrected chi connectivity index (χ1v) is 7.13. The molecule has 0 spiro atoms. The molecule has 1 aliphatic rings. The van der Waals surface area contributed by atoms with Gasteiger partial charge >= 0.3 is 0 Å². The number of H-pyrrole nitrogens is 1. The monoisotopic (exact) mass is 364 g/mol. The number of halogens is 5. The molecule has 3 aromatic rings. The number of nitrogens with zero attached hydrogens (tertiary/aromatic N) is 1. The van der Waals surface area contributed by atoms with Crippen molar-refractivity contribution in [2.75, 3.05) is 0 Å². The lowest BCUT2D eigenvalue weighted by Gasteiger charge is -2.11. The SMILES string of the molecule is O=C1c2ccccc2C(=O)c2[nH]c(-c3c(F)c(F)c(F)c(F)c3F)nc21. The van der Waals surface area contributed by atoms with Crippen LogP contribution in [0.5, 0.6) is 0 Å². The highest BCUT2D eigenvalue weighted by molar-refractivity contribution is 6.27. The highest BCUT2D eigenvalue weighted by Crippen LogP contribution is 2.33. The van der Waals surface area contributed by atoms with Crippen LogP contribution >= 0.6 is 0 Å². The zero-order valence-corrected chi connectivity index (χ0v) is 12.5. The van der Waals surface area contributed by atoms with Crippen LogP contribution in [0.25, 0.3) is 11.4 Å². The van der Waals surface area contributed by atoms with Gasteiger partial charge < -0.3 is 4.98 Å². The number of rotatable bonds is 1. The Morgan fingerprint density at radius 2 is 1.23 bits per heavy atom. The van der Waals surface area contributed by atoms with Crippen molar-refractivity contribution >= 4 is 11.6 Å². The maximum atomic E-state index is 14.0. The Kier molecular flexibility index (Phi) is 3.30. The highest BCUT2D eigenvalue weighted by Gasteiger charge is 2.35. The predicted molar refractivity (Wildman–Crippen MR) is 77.1 cm³/mol. The average Bonchev–Trinajstić information content (AvgIpc) is 3.08. The molecule has 0 aliphatic heterocycles. The van der Waals surface area contributed by atoms with Crippen LogP contribution in [-0.4, -0.2) is 21.5 Å². The largest absolute Gasteiger partial charge is 0.334 e. The van der Waals surface area contributed by atoms with E-state index in [1.165, 1.54) is 24.3 Å². The molecule has 0 amide bonds. The van der Waals surface area contributed by atoms with E-state index in [1.807, 2.05) is 0 Å². The molecule has 0 atom stereocenters. The van der Waals surface area contributed by atoms with E-state index in [4.69, 9.17) is 0 Å². The minimum absolute atomic E-state index is 0.0282. The number of hydrogen-bond donors (Lipinski definition) is 1. The van der Waals surface area contributed by atoms with Crippen LogP contribution < -0.4 is 0 Å². The molecule has 0 unspecified atom stereocenters. The fourth-order valence-electron chi connectivity index (χ4n) is 2.77. The number of carbonyl (C=O) groups is 2. The second kappa shape index (κ2) is 5.32. The molecular formula is C17H5F5N2O2. The van der Waals surface area contributed by atoms with Gasteiger partial charge in [0.2, 0.25) is 17.4 Å². The second-order valence-corrected chi connectivity index (χ2v) is 5.46. The van der Waals surface area contributed by atoms with Gasteiger partial charge in [-0.2, -0.15) is 0 Å². The molecule has 4 nitrogen and oxygen atoms in total. The zero-order chi connectivity index (χ0) is 18.7. The maximum absolute atomic E-state index is 14.0. The summed E-state index contributed by atoms with van der Waals surface area (Å²) in [6, 6.07) is 5.76. The van der Waals surface area contributed by atoms with E-state index in [-0.39, 0.29) is 16.8 Å². The minimum atomic E-state index is -2.32. The molecule has 0 radical (unpaired) electrons. The standard InChI is InChI=1S/C17H5F5N2O2/c18-8-7(9(19)11(21)12(22)10(8)20)17-23-13-14(24-17)16(26)6-4-2-1-3-5(6)15(13)25/h1-4H,(H,23,24). The third-order valence-corrected chi connectivity index (χ3v) is 4.01. The first kappa shape index (κ1) is 16.1. The summed E-state index contributed by atoms with van der Waals surface area (Å²) in [5.41, 5.74) is -2.11. The van der Waals surface area contributed by atoms with E-state index in [9.17, 15) is 31.5 Å².